The number of fused-ring (bicyclic) bond motifs is 1. The lowest BCUT2D eigenvalue weighted by molar-refractivity contribution is 0.426. The van der Waals surface area contributed by atoms with Crippen LogP contribution in [-0.2, 0) is 0 Å². The molecule has 0 saturated heterocycles. The van der Waals surface area contributed by atoms with E-state index in [-0.39, 0.29) is 0 Å². The molecule has 0 aliphatic rings. The highest BCUT2D eigenvalue weighted by Gasteiger charge is 2.21. The van der Waals surface area contributed by atoms with Crippen LogP contribution in [0.15, 0.2) is 12.3 Å². The van der Waals surface area contributed by atoms with Crippen molar-refractivity contribution in [2.75, 3.05) is 0 Å². The Hall–Kier alpha value is -0.165. The van der Waals surface area contributed by atoms with E-state index in [0.717, 1.165) is 22.0 Å². The van der Waals surface area contributed by atoms with Crippen LogP contribution >= 0.6 is 28.4 Å². The van der Waals surface area contributed by atoms with Crippen molar-refractivity contribution < 1.29 is 10.0 Å². The molecule has 0 saturated carbocycles. The predicted molar refractivity (Wildman–Crippen MR) is 76.8 cm³/mol. The first kappa shape index (κ1) is 12.3. The Morgan fingerprint density at radius 2 is 2.12 bits per heavy atom. The lowest BCUT2D eigenvalue weighted by atomic mass is 9.74. The molecular weight excluding hydrogens is 337 g/mol. The van der Waals surface area contributed by atoms with Crippen LogP contribution in [0.4, 0.5) is 0 Å². The normalized spacial score (nSPS) is 11.8. The summed E-state index contributed by atoms with van der Waals surface area (Å²) in [5, 5.41) is 23.9. The number of hydrogen-bond donors (Lipinski definition) is 2. The van der Waals surface area contributed by atoms with Crippen molar-refractivity contribution in [3.63, 3.8) is 0 Å². The van der Waals surface area contributed by atoms with Gasteiger partial charge in [0.25, 0.3) is 0 Å². The maximum Gasteiger partial charge on any atom is 0.489 e. The van der Waals surface area contributed by atoms with Crippen molar-refractivity contribution in [3.8, 4) is 0 Å². The van der Waals surface area contributed by atoms with Gasteiger partial charge in [-0.05, 0) is 58.5 Å². The number of aryl methyl sites for hydroxylation is 1. The summed E-state index contributed by atoms with van der Waals surface area (Å²) in [7, 11) is -1.45. The van der Waals surface area contributed by atoms with Gasteiger partial charge in [0.1, 0.15) is 0 Å². The van der Waals surface area contributed by atoms with Crippen LogP contribution in [-0.4, -0.2) is 26.7 Å². The van der Waals surface area contributed by atoms with Crippen molar-refractivity contribution in [2.45, 2.75) is 13.8 Å². The van der Waals surface area contributed by atoms with E-state index >= 15 is 0 Å². The zero-order chi connectivity index (χ0) is 11.9. The molecule has 0 fully saturated rings. The zero-order valence-electron chi connectivity index (χ0n) is 8.90. The number of rotatable bonds is 2. The highest BCUT2D eigenvalue weighted by Crippen LogP contribution is 2.28. The minimum atomic E-state index is -1.45. The van der Waals surface area contributed by atoms with E-state index in [9.17, 15) is 10.0 Å². The van der Waals surface area contributed by atoms with E-state index in [4.69, 9.17) is 0 Å². The molecule has 16 heavy (non-hydrogen) atoms. The monoisotopic (exact) mass is 348 g/mol. The summed E-state index contributed by atoms with van der Waals surface area (Å²) in [6, 6.07) is 2.04. The number of nitrogens with zero attached hydrogens (tertiary/aromatic N) is 2. The van der Waals surface area contributed by atoms with Gasteiger partial charge in [0.15, 0.2) is 0 Å². The standard InChI is InChI=1S/C9H11BIN2O2P/c1-5-3-8-7(4-12-13(8)16-11)9(6(5)2)10(14)15/h3-4,14-16H,1-2H3. The fourth-order valence-electron chi connectivity index (χ4n) is 1.83. The molecule has 0 amide bonds. The zero-order valence-corrected chi connectivity index (χ0v) is 12.1. The van der Waals surface area contributed by atoms with Gasteiger partial charge >= 0.3 is 7.12 Å². The van der Waals surface area contributed by atoms with E-state index in [2.05, 4.69) is 27.1 Å². The summed E-state index contributed by atoms with van der Waals surface area (Å²) in [5.41, 5.74) is 3.49. The maximum atomic E-state index is 9.43. The summed E-state index contributed by atoms with van der Waals surface area (Å²) >= 11 is 2.25. The molecule has 2 aromatic rings. The third-order valence-corrected chi connectivity index (χ3v) is 4.67. The second kappa shape index (κ2) is 4.60. The molecule has 0 aliphatic heterocycles. The van der Waals surface area contributed by atoms with Crippen molar-refractivity contribution >= 4 is 51.9 Å². The quantitative estimate of drug-likeness (QED) is 0.486. The number of hydrogen-bond acceptors (Lipinski definition) is 3. The van der Waals surface area contributed by atoms with E-state index in [1.165, 1.54) is 0 Å². The summed E-state index contributed by atoms with van der Waals surface area (Å²) in [5.74, 6) is 0. The van der Waals surface area contributed by atoms with Crippen LogP contribution in [0, 0.1) is 13.8 Å². The highest BCUT2D eigenvalue weighted by molar-refractivity contribution is 14.2. The smallest absolute Gasteiger partial charge is 0.423 e. The summed E-state index contributed by atoms with van der Waals surface area (Å²) < 4.78 is 1.87. The Balaban J connectivity index is 2.85. The lowest BCUT2D eigenvalue weighted by Crippen LogP contribution is -2.33. The van der Waals surface area contributed by atoms with Gasteiger partial charge < -0.3 is 10.0 Å². The van der Waals surface area contributed by atoms with Gasteiger partial charge in [-0.3, -0.25) is 0 Å². The Morgan fingerprint density at radius 1 is 1.44 bits per heavy atom. The molecule has 84 valence electrons. The fraction of sp³-hybridized carbons (Fsp3) is 0.222. The summed E-state index contributed by atoms with van der Waals surface area (Å²) in [6.45, 7) is 3.86. The van der Waals surface area contributed by atoms with E-state index in [1.54, 1.807) is 6.20 Å². The average Bonchev–Trinajstić information content (AvgIpc) is 2.61. The van der Waals surface area contributed by atoms with Crippen LogP contribution < -0.4 is 5.46 Å². The van der Waals surface area contributed by atoms with Crippen LogP contribution in [0.25, 0.3) is 10.9 Å². The summed E-state index contributed by atoms with van der Waals surface area (Å²) in [4.78, 5) is 0. The first-order valence-corrected chi connectivity index (χ1v) is 8.83. The van der Waals surface area contributed by atoms with Crippen molar-refractivity contribution in [1.29, 1.82) is 0 Å². The maximum absolute atomic E-state index is 9.43. The molecule has 0 spiro atoms. The van der Waals surface area contributed by atoms with E-state index in [0.29, 0.717) is 11.8 Å². The molecule has 0 radical (unpaired) electrons. The molecular formula is C9H11BIN2O2P. The van der Waals surface area contributed by atoms with Gasteiger partial charge in [0.05, 0.1) is 18.1 Å². The average molecular weight is 348 g/mol. The molecule has 1 aromatic heterocycles. The van der Waals surface area contributed by atoms with Crippen LogP contribution in [0.1, 0.15) is 11.1 Å². The molecule has 2 rings (SSSR count). The third kappa shape index (κ3) is 1.88. The topological polar surface area (TPSA) is 58.3 Å². The molecule has 1 heterocycles. The molecule has 0 aliphatic carbocycles. The van der Waals surface area contributed by atoms with Crippen molar-refractivity contribution in [3.05, 3.63) is 23.4 Å². The van der Waals surface area contributed by atoms with Gasteiger partial charge in [-0.25, -0.2) is 4.45 Å². The molecule has 1 atom stereocenters. The molecule has 1 unspecified atom stereocenters. The fourth-order valence-corrected chi connectivity index (χ4v) is 3.36. The Morgan fingerprint density at radius 3 is 2.69 bits per heavy atom. The number of benzene rings is 1. The van der Waals surface area contributed by atoms with E-state index < -0.39 is 7.12 Å². The van der Waals surface area contributed by atoms with Crippen LogP contribution in [0.2, 0.25) is 0 Å². The highest BCUT2D eigenvalue weighted by atomic mass is 127. The third-order valence-electron chi connectivity index (χ3n) is 2.78. The first-order valence-electron chi connectivity index (χ1n) is 4.77. The predicted octanol–water partition coefficient (Wildman–Crippen LogP) is 1.12. The Bertz CT molecular complexity index is 544. The molecule has 1 aromatic carbocycles. The van der Waals surface area contributed by atoms with Gasteiger partial charge in [0, 0.05) is 5.39 Å². The molecule has 7 heteroatoms. The number of aromatic nitrogens is 2. The minimum Gasteiger partial charge on any atom is -0.423 e. The Kier molecular flexibility index (Phi) is 3.54. The Labute approximate surface area is 109 Å². The van der Waals surface area contributed by atoms with Crippen molar-refractivity contribution in [2.24, 2.45) is 0 Å². The van der Waals surface area contributed by atoms with Gasteiger partial charge in [-0.15, -0.1) is 0 Å². The van der Waals surface area contributed by atoms with Gasteiger partial charge in [-0.1, -0.05) is 0 Å². The van der Waals surface area contributed by atoms with Crippen molar-refractivity contribution in [1.82, 2.24) is 9.55 Å². The second-order valence-electron chi connectivity index (χ2n) is 3.68. The SMILES string of the molecule is Cc1cc2c(cnn2PI)c(B(O)O)c1C. The summed E-state index contributed by atoms with van der Waals surface area (Å²) in [6.07, 6.45) is 2.20. The van der Waals surface area contributed by atoms with Crippen LogP contribution in [0.5, 0.6) is 0 Å². The van der Waals surface area contributed by atoms with Crippen LogP contribution in [0.3, 0.4) is 0 Å². The largest absolute Gasteiger partial charge is 0.489 e. The van der Waals surface area contributed by atoms with Gasteiger partial charge in [-0.2, -0.15) is 5.10 Å². The first-order chi connectivity index (χ1) is 7.56. The number of halogens is 1. The minimum absolute atomic E-state index is 0.504. The molecule has 0 bridgehead atoms. The molecule has 4 nitrogen and oxygen atoms in total. The van der Waals surface area contributed by atoms with E-state index in [1.807, 2.05) is 24.4 Å². The molecule has 2 N–H and O–H groups in total. The van der Waals surface area contributed by atoms with Gasteiger partial charge in [0.2, 0.25) is 0 Å². The second-order valence-corrected chi connectivity index (χ2v) is 5.72. The lowest BCUT2D eigenvalue weighted by Gasteiger charge is -2.10.